The molecule has 0 saturated heterocycles. The molecule has 0 heterocycles. The SMILES string of the molecule is CCOC(=O)C(C)=CC(=O)c1ccc(OCC)cc1S(=O)(=O)NC. The summed E-state index contributed by atoms with van der Waals surface area (Å²) in [6.07, 6.45) is 1.06. The molecule has 0 unspecified atom stereocenters. The molecule has 0 spiro atoms. The van der Waals surface area contributed by atoms with Crippen LogP contribution in [0.3, 0.4) is 0 Å². The van der Waals surface area contributed by atoms with E-state index in [-0.39, 0.29) is 22.6 Å². The van der Waals surface area contributed by atoms with Crippen molar-refractivity contribution in [3.8, 4) is 5.75 Å². The van der Waals surface area contributed by atoms with Crippen LogP contribution in [0.4, 0.5) is 0 Å². The Morgan fingerprint density at radius 1 is 1.21 bits per heavy atom. The molecule has 7 nitrogen and oxygen atoms in total. The summed E-state index contributed by atoms with van der Waals surface area (Å²) in [6, 6.07) is 4.13. The maximum Gasteiger partial charge on any atom is 0.333 e. The van der Waals surface area contributed by atoms with E-state index in [1.165, 1.54) is 32.2 Å². The van der Waals surface area contributed by atoms with Crippen molar-refractivity contribution in [2.75, 3.05) is 20.3 Å². The summed E-state index contributed by atoms with van der Waals surface area (Å²) in [6.45, 7) is 5.37. The summed E-state index contributed by atoms with van der Waals surface area (Å²) in [4.78, 5) is 23.8. The lowest BCUT2D eigenvalue weighted by molar-refractivity contribution is -0.138. The fourth-order valence-electron chi connectivity index (χ4n) is 1.87. The molecule has 1 aromatic carbocycles. The Kier molecular flexibility index (Phi) is 7.12. The molecule has 0 radical (unpaired) electrons. The first-order valence-electron chi connectivity index (χ1n) is 7.37. The number of ketones is 1. The van der Waals surface area contributed by atoms with Crippen LogP contribution in [0.5, 0.6) is 5.75 Å². The molecule has 0 aromatic heterocycles. The van der Waals surface area contributed by atoms with Crippen molar-refractivity contribution in [1.82, 2.24) is 4.72 Å². The third-order valence-electron chi connectivity index (χ3n) is 3.03. The molecule has 1 rings (SSSR count). The van der Waals surface area contributed by atoms with Gasteiger partial charge in [0, 0.05) is 17.2 Å². The number of carbonyl (C=O) groups is 2. The maximum absolute atomic E-state index is 12.4. The minimum Gasteiger partial charge on any atom is -0.494 e. The number of rotatable bonds is 8. The molecule has 0 fully saturated rings. The Balaban J connectivity index is 3.35. The highest BCUT2D eigenvalue weighted by Gasteiger charge is 2.22. The van der Waals surface area contributed by atoms with E-state index in [1.807, 2.05) is 0 Å². The zero-order valence-electron chi connectivity index (χ0n) is 14.1. The maximum atomic E-state index is 12.4. The van der Waals surface area contributed by atoms with E-state index in [0.29, 0.717) is 12.4 Å². The lowest BCUT2D eigenvalue weighted by Crippen LogP contribution is -2.21. The number of hydrogen-bond acceptors (Lipinski definition) is 6. The van der Waals surface area contributed by atoms with Gasteiger partial charge in [-0.3, -0.25) is 4.79 Å². The molecule has 24 heavy (non-hydrogen) atoms. The van der Waals surface area contributed by atoms with Crippen LogP contribution in [0.15, 0.2) is 34.7 Å². The number of nitrogens with one attached hydrogen (secondary N) is 1. The van der Waals surface area contributed by atoms with Crippen molar-refractivity contribution in [3.05, 3.63) is 35.4 Å². The van der Waals surface area contributed by atoms with Gasteiger partial charge < -0.3 is 9.47 Å². The van der Waals surface area contributed by atoms with Crippen molar-refractivity contribution in [3.63, 3.8) is 0 Å². The smallest absolute Gasteiger partial charge is 0.333 e. The van der Waals surface area contributed by atoms with Crippen LogP contribution in [-0.4, -0.2) is 40.4 Å². The molecule has 0 amide bonds. The molecule has 8 heteroatoms. The van der Waals surface area contributed by atoms with E-state index in [2.05, 4.69) is 4.72 Å². The minimum absolute atomic E-state index is 0.0588. The Bertz CT molecular complexity index is 752. The first-order valence-corrected chi connectivity index (χ1v) is 8.85. The van der Waals surface area contributed by atoms with Gasteiger partial charge in [0.25, 0.3) is 0 Å². The largest absolute Gasteiger partial charge is 0.494 e. The zero-order valence-corrected chi connectivity index (χ0v) is 14.9. The van der Waals surface area contributed by atoms with Crippen LogP contribution in [0, 0.1) is 0 Å². The van der Waals surface area contributed by atoms with E-state index < -0.39 is 21.8 Å². The van der Waals surface area contributed by atoms with Crippen molar-refractivity contribution in [2.45, 2.75) is 25.7 Å². The molecule has 0 aliphatic carbocycles. The van der Waals surface area contributed by atoms with Crippen LogP contribution in [0.2, 0.25) is 0 Å². The molecule has 1 aromatic rings. The van der Waals surface area contributed by atoms with Gasteiger partial charge in [-0.25, -0.2) is 17.9 Å². The van der Waals surface area contributed by atoms with Crippen molar-refractivity contribution in [1.29, 1.82) is 0 Å². The van der Waals surface area contributed by atoms with Crippen LogP contribution < -0.4 is 9.46 Å². The van der Waals surface area contributed by atoms with E-state index in [0.717, 1.165) is 6.08 Å². The lowest BCUT2D eigenvalue weighted by atomic mass is 10.1. The number of esters is 1. The van der Waals surface area contributed by atoms with Gasteiger partial charge in [0.2, 0.25) is 10.0 Å². The average molecular weight is 355 g/mol. The fraction of sp³-hybridized carbons (Fsp3) is 0.375. The summed E-state index contributed by atoms with van der Waals surface area (Å²) in [7, 11) is -2.63. The molecule has 132 valence electrons. The molecule has 0 atom stereocenters. The van der Waals surface area contributed by atoms with E-state index in [4.69, 9.17) is 9.47 Å². The quantitative estimate of drug-likeness (QED) is 0.433. The van der Waals surface area contributed by atoms with Crippen LogP contribution in [0.25, 0.3) is 0 Å². The summed E-state index contributed by atoms with van der Waals surface area (Å²) >= 11 is 0. The van der Waals surface area contributed by atoms with Crippen LogP contribution >= 0.6 is 0 Å². The second kappa shape index (κ2) is 8.60. The molecule has 0 aliphatic rings. The Hall–Kier alpha value is -2.19. The van der Waals surface area contributed by atoms with E-state index >= 15 is 0 Å². The molecule has 1 N–H and O–H groups in total. The molecular weight excluding hydrogens is 334 g/mol. The number of benzene rings is 1. The topological polar surface area (TPSA) is 98.8 Å². The van der Waals surface area contributed by atoms with Crippen molar-refractivity contribution in [2.24, 2.45) is 0 Å². The van der Waals surface area contributed by atoms with Crippen molar-refractivity contribution < 1.29 is 27.5 Å². The highest BCUT2D eigenvalue weighted by Crippen LogP contribution is 2.23. The van der Waals surface area contributed by atoms with Gasteiger partial charge in [0.05, 0.1) is 18.1 Å². The van der Waals surface area contributed by atoms with Crippen molar-refractivity contribution >= 4 is 21.8 Å². The van der Waals surface area contributed by atoms with Crippen LogP contribution in [-0.2, 0) is 19.6 Å². The minimum atomic E-state index is -3.88. The van der Waals surface area contributed by atoms with Gasteiger partial charge in [-0.2, -0.15) is 0 Å². The Morgan fingerprint density at radius 2 is 1.88 bits per heavy atom. The zero-order chi connectivity index (χ0) is 18.3. The molecule has 0 bridgehead atoms. The summed E-state index contributed by atoms with van der Waals surface area (Å²) in [5, 5.41) is 0. The third kappa shape index (κ3) is 4.90. The normalized spacial score (nSPS) is 11.9. The Morgan fingerprint density at radius 3 is 2.42 bits per heavy atom. The van der Waals surface area contributed by atoms with Crippen LogP contribution in [0.1, 0.15) is 31.1 Å². The number of sulfonamides is 1. The summed E-state index contributed by atoms with van der Waals surface area (Å²) in [5.41, 5.74) is 0.0278. The standard InChI is InChI=1S/C16H21NO6S/c1-5-22-12-7-8-13(15(10-12)24(20,21)17-4)14(18)9-11(3)16(19)23-6-2/h7-10,17H,5-6H2,1-4H3. The first kappa shape index (κ1) is 19.9. The van der Waals surface area contributed by atoms with Gasteiger partial charge in [-0.1, -0.05) is 0 Å². The predicted octanol–water partition coefficient (Wildman–Crippen LogP) is 1.69. The number of carbonyl (C=O) groups excluding carboxylic acids is 2. The fourth-order valence-corrected chi connectivity index (χ4v) is 2.82. The molecule has 0 saturated carbocycles. The molecule has 0 aliphatic heterocycles. The summed E-state index contributed by atoms with van der Waals surface area (Å²) < 4.78 is 36.6. The molecular formula is C16H21NO6S. The summed E-state index contributed by atoms with van der Waals surface area (Å²) in [5.74, 6) is -0.916. The second-order valence-electron chi connectivity index (χ2n) is 4.71. The predicted molar refractivity (Wildman–Crippen MR) is 88.6 cm³/mol. The van der Waals surface area contributed by atoms with Gasteiger partial charge >= 0.3 is 5.97 Å². The van der Waals surface area contributed by atoms with E-state index in [1.54, 1.807) is 13.8 Å². The average Bonchev–Trinajstić information content (AvgIpc) is 2.55. The Labute approximate surface area is 141 Å². The monoisotopic (exact) mass is 355 g/mol. The van der Waals surface area contributed by atoms with Gasteiger partial charge in [0.15, 0.2) is 5.78 Å². The van der Waals surface area contributed by atoms with Gasteiger partial charge in [-0.15, -0.1) is 0 Å². The highest BCUT2D eigenvalue weighted by atomic mass is 32.2. The van der Waals surface area contributed by atoms with E-state index in [9.17, 15) is 18.0 Å². The van der Waals surface area contributed by atoms with Gasteiger partial charge in [0.1, 0.15) is 5.75 Å². The number of allylic oxidation sites excluding steroid dienone is 1. The lowest BCUT2D eigenvalue weighted by Gasteiger charge is -2.11. The number of hydrogen-bond donors (Lipinski definition) is 1. The highest BCUT2D eigenvalue weighted by molar-refractivity contribution is 7.89. The third-order valence-corrected chi connectivity index (χ3v) is 4.49. The number of ether oxygens (including phenoxy) is 2. The first-order chi connectivity index (χ1) is 11.3. The second-order valence-corrected chi connectivity index (χ2v) is 6.57. The van der Waals surface area contributed by atoms with Gasteiger partial charge in [-0.05, 0) is 46.0 Å².